The fourth-order valence-electron chi connectivity index (χ4n) is 3.10. The quantitative estimate of drug-likeness (QED) is 0.386. The molecule has 0 saturated carbocycles. The van der Waals surface area contributed by atoms with E-state index in [-0.39, 0.29) is 24.0 Å². The molecule has 0 bridgehead atoms. The highest BCUT2D eigenvalue weighted by molar-refractivity contribution is 8.18. The van der Waals surface area contributed by atoms with Crippen LogP contribution >= 0.6 is 11.8 Å². The summed E-state index contributed by atoms with van der Waals surface area (Å²) < 4.78 is 16.1. The summed E-state index contributed by atoms with van der Waals surface area (Å²) in [5.41, 5.74) is 2.34. The van der Waals surface area contributed by atoms with Crippen molar-refractivity contribution in [3.8, 4) is 11.5 Å². The van der Waals surface area contributed by atoms with Crippen molar-refractivity contribution in [1.29, 1.82) is 0 Å². The third kappa shape index (κ3) is 7.10. The van der Waals surface area contributed by atoms with Gasteiger partial charge < -0.3 is 19.5 Å². The molecule has 9 nitrogen and oxygen atoms in total. The third-order valence-corrected chi connectivity index (χ3v) is 5.63. The van der Waals surface area contributed by atoms with Crippen molar-refractivity contribution in [2.45, 2.75) is 20.8 Å². The zero-order valence-electron chi connectivity index (χ0n) is 19.7. The Morgan fingerprint density at radius 3 is 2.43 bits per heavy atom. The smallest absolute Gasteiger partial charge is 0.326 e. The molecule has 184 valence electrons. The number of ether oxygens (including phenoxy) is 3. The fraction of sp³-hybridized carbons (Fsp3) is 0.280. The molecule has 2 aromatic rings. The van der Waals surface area contributed by atoms with Crippen molar-refractivity contribution in [3.63, 3.8) is 0 Å². The van der Waals surface area contributed by atoms with Gasteiger partial charge in [-0.1, -0.05) is 23.8 Å². The summed E-state index contributed by atoms with van der Waals surface area (Å²) in [6.45, 7) is 5.27. The van der Waals surface area contributed by atoms with Gasteiger partial charge in [-0.15, -0.1) is 0 Å². The van der Waals surface area contributed by atoms with Gasteiger partial charge in [0, 0.05) is 5.69 Å². The second-order valence-corrected chi connectivity index (χ2v) is 8.41. The molecular weight excluding hydrogens is 472 g/mol. The van der Waals surface area contributed by atoms with E-state index in [2.05, 4.69) is 5.32 Å². The van der Waals surface area contributed by atoms with Crippen LogP contribution in [0.1, 0.15) is 25.0 Å². The Bertz CT molecular complexity index is 1150. The number of hydrogen-bond acceptors (Lipinski definition) is 8. The van der Waals surface area contributed by atoms with Crippen LogP contribution in [0.5, 0.6) is 11.5 Å². The molecule has 0 spiro atoms. The van der Waals surface area contributed by atoms with Gasteiger partial charge in [0.25, 0.3) is 17.1 Å². The Morgan fingerprint density at radius 1 is 1.00 bits per heavy atom. The molecule has 1 aliphatic rings. The van der Waals surface area contributed by atoms with Crippen LogP contribution in [0.15, 0.2) is 47.4 Å². The second-order valence-electron chi connectivity index (χ2n) is 7.41. The number of hydrogen-bond donors (Lipinski definition) is 1. The average molecular weight is 499 g/mol. The summed E-state index contributed by atoms with van der Waals surface area (Å²) in [5, 5.41) is 2.22. The van der Waals surface area contributed by atoms with Crippen molar-refractivity contribution in [3.05, 3.63) is 58.5 Å². The van der Waals surface area contributed by atoms with Gasteiger partial charge >= 0.3 is 5.97 Å². The first-order valence-corrected chi connectivity index (χ1v) is 11.8. The predicted octanol–water partition coefficient (Wildman–Crippen LogP) is 4.01. The number of nitrogens with zero attached hydrogens (tertiary/aromatic N) is 1. The number of aryl methyl sites for hydroxylation is 1. The van der Waals surface area contributed by atoms with Crippen molar-refractivity contribution in [1.82, 2.24) is 4.90 Å². The van der Waals surface area contributed by atoms with Crippen LogP contribution in [-0.2, 0) is 19.1 Å². The minimum Gasteiger partial charge on any atom is -0.490 e. The summed E-state index contributed by atoms with van der Waals surface area (Å²) in [6, 6.07) is 12.4. The first-order chi connectivity index (χ1) is 16.8. The van der Waals surface area contributed by atoms with E-state index >= 15 is 0 Å². The number of thioether (sulfide) groups is 1. The standard InChI is InChI=1S/C25H26N2O7S/c1-4-32-20-12-17(13-21-24(30)27(25(31)35-21)14-23(29)33-5-2)8-11-19(20)34-15-22(28)26-18-9-6-16(3)7-10-18/h6-13H,4-5,14-15H2,1-3H3,(H,26,28)/b21-13-. The normalized spacial score (nSPS) is 14.3. The van der Waals surface area contributed by atoms with Crippen molar-refractivity contribution in [2.75, 3.05) is 31.7 Å². The summed E-state index contributed by atoms with van der Waals surface area (Å²) in [4.78, 5) is 49.7. The number of imide groups is 1. The number of carbonyl (C=O) groups is 4. The maximum atomic E-state index is 12.6. The molecule has 10 heteroatoms. The van der Waals surface area contributed by atoms with Crippen molar-refractivity contribution >= 4 is 46.5 Å². The minimum absolute atomic E-state index is 0.160. The first kappa shape index (κ1) is 25.8. The summed E-state index contributed by atoms with van der Waals surface area (Å²) in [6.07, 6.45) is 1.53. The van der Waals surface area contributed by atoms with Gasteiger partial charge in [0.15, 0.2) is 18.1 Å². The largest absolute Gasteiger partial charge is 0.490 e. The lowest BCUT2D eigenvalue weighted by molar-refractivity contribution is -0.146. The van der Waals surface area contributed by atoms with Gasteiger partial charge in [0.2, 0.25) is 0 Å². The van der Waals surface area contributed by atoms with Crippen molar-refractivity contribution in [2.24, 2.45) is 0 Å². The molecule has 0 radical (unpaired) electrons. The second kappa shape index (κ2) is 12.1. The third-order valence-electron chi connectivity index (χ3n) is 4.73. The summed E-state index contributed by atoms with van der Waals surface area (Å²) >= 11 is 0.742. The average Bonchev–Trinajstić information content (AvgIpc) is 3.07. The molecule has 0 atom stereocenters. The number of carbonyl (C=O) groups excluding carboxylic acids is 4. The monoisotopic (exact) mass is 498 g/mol. The first-order valence-electron chi connectivity index (χ1n) is 11.0. The number of nitrogens with one attached hydrogen (secondary N) is 1. The highest BCUT2D eigenvalue weighted by Crippen LogP contribution is 2.34. The molecule has 0 aliphatic carbocycles. The highest BCUT2D eigenvalue weighted by atomic mass is 32.2. The van der Waals surface area contributed by atoms with Crippen LogP contribution in [0.2, 0.25) is 0 Å². The minimum atomic E-state index is -0.650. The highest BCUT2D eigenvalue weighted by Gasteiger charge is 2.36. The number of benzene rings is 2. The van der Waals surface area contributed by atoms with E-state index in [1.165, 1.54) is 6.08 Å². The zero-order chi connectivity index (χ0) is 25.4. The van der Waals surface area contributed by atoms with Crippen LogP contribution in [-0.4, -0.2) is 54.3 Å². The molecule has 3 amide bonds. The molecular formula is C25H26N2O7S. The van der Waals surface area contributed by atoms with E-state index in [1.807, 2.05) is 31.2 Å². The lowest BCUT2D eigenvalue weighted by atomic mass is 10.2. The Hall–Kier alpha value is -3.79. The molecule has 0 unspecified atom stereocenters. The van der Waals surface area contributed by atoms with E-state index in [0.717, 1.165) is 22.2 Å². The lowest BCUT2D eigenvalue weighted by Gasteiger charge is -2.13. The lowest BCUT2D eigenvalue weighted by Crippen LogP contribution is -2.34. The van der Waals surface area contributed by atoms with E-state index in [0.29, 0.717) is 29.4 Å². The van der Waals surface area contributed by atoms with Gasteiger partial charge in [0.05, 0.1) is 18.1 Å². The Labute approximate surface area is 207 Å². The summed E-state index contributed by atoms with van der Waals surface area (Å²) in [7, 11) is 0. The van der Waals surface area contributed by atoms with Crippen LogP contribution in [0.25, 0.3) is 6.08 Å². The molecule has 35 heavy (non-hydrogen) atoms. The molecule has 1 saturated heterocycles. The van der Waals surface area contributed by atoms with Gasteiger partial charge in [-0.25, -0.2) is 0 Å². The molecule has 1 aliphatic heterocycles. The van der Waals surface area contributed by atoms with E-state index in [1.54, 1.807) is 32.0 Å². The number of anilines is 1. The molecule has 2 aromatic carbocycles. The fourth-order valence-corrected chi connectivity index (χ4v) is 3.94. The van der Waals surface area contributed by atoms with Gasteiger partial charge in [-0.2, -0.15) is 0 Å². The predicted molar refractivity (Wildman–Crippen MR) is 132 cm³/mol. The van der Waals surface area contributed by atoms with Gasteiger partial charge in [-0.3, -0.25) is 24.1 Å². The molecule has 0 aromatic heterocycles. The van der Waals surface area contributed by atoms with Crippen LogP contribution in [0.4, 0.5) is 10.5 Å². The van der Waals surface area contributed by atoms with Gasteiger partial charge in [-0.05, 0) is 68.4 Å². The van der Waals surface area contributed by atoms with E-state index in [4.69, 9.17) is 14.2 Å². The molecule has 3 rings (SSSR count). The summed E-state index contributed by atoms with van der Waals surface area (Å²) in [5.74, 6) is -0.800. The van der Waals surface area contributed by atoms with Gasteiger partial charge in [0.1, 0.15) is 6.54 Å². The van der Waals surface area contributed by atoms with E-state index in [9.17, 15) is 19.2 Å². The van der Waals surface area contributed by atoms with E-state index < -0.39 is 23.7 Å². The number of amides is 3. The van der Waals surface area contributed by atoms with Crippen LogP contribution in [0, 0.1) is 6.92 Å². The Balaban J connectivity index is 1.68. The zero-order valence-corrected chi connectivity index (χ0v) is 20.5. The van der Waals surface area contributed by atoms with Crippen LogP contribution < -0.4 is 14.8 Å². The maximum Gasteiger partial charge on any atom is 0.326 e. The maximum absolute atomic E-state index is 12.6. The SMILES string of the molecule is CCOC(=O)CN1C(=O)S/C(=C\c2ccc(OCC(=O)Nc3ccc(C)cc3)c(OCC)c2)C1=O. The van der Waals surface area contributed by atoms with Crippen molar-refractivity contribution < 1.29 is 33.4 Å². The number of esters is 1. The Kier molecular flexibility index (Phi) is 8.91. The van der Waals surface area contributed by atoms with Crippen LogP contribution in [0.3, 0.4) is 0 Å². The molecule has 1 N–H and O–H groups in total. The Morgan fingerprint density at radius 2 is 1.74 bits per heavy atom. The molecule has 1 fully saturated rings. The molecule has 1 heterocycles. The number of rotatable bonds is 10. The topological polar surface area (TPSA) is 111 Å².